The summed E-state index contributed by atoms with van der Waals surface area (Å²) in [5, 5.41) is 7.27. The maximum atomic E-state index is 5.50. The van der Waals surface area contributed by atoms with Crippen molar-refractivity contribution in [2.45, 2.75) is 0 Å². The van der Waals surface area contributed by atoms with Crippen molar-refractivity contribution in [3.8, 4) is 73.2 Å². The molecule has 0 saturated heterocycles. The molecule has 0 bridgehead atoms. The quantitative estimate of drug-likeness (QED) is 0.152. The van der Waals surface area contributed by atoms with Crippen molar-refractivity contribution in [2.75, 3.05) is 0 Å². The van der Waals surface area contributed by atoms with Crippen LogP contribution in [0, 0.1) is 0 Å². The first kappa shape index (κ1) is 42.6. The van der Waals surface area contributed by atoms with Gasteiger partial charge in [-0.1, -0.05) is 194 Å². The van der Waals surface area contributed by atoms with Crippen LogP contribution in [0.5, 0.6) is 0 Å². The van der Waals surface area contributed by atoms with E-state index >= 15 is 0 Å². The van der Waals surface area contributed by atoms with Gasteiger partial charge in [0.2, 0.25) is 0 Å². The zero-order valence-corrected chi connectivity index (χ0v) is 40.7. The number of hydrogen-bond donors (Lipinski definition) is 0. The largest absolute Gasteiger partial charge is 0.309 e. The minimum absolute atomic E-state index is 0.676. The van der Waals surface area contributed by atoms with Gasteiger partial charge >= 0.3 is 0 Å². The first-order valence-electron chi connectivity index (χ1n) is 25.6. The third kappa shape index (κ3) is 6.93. The van der Waals surface area contributed by atoms with E-state index in [9.17, 15) is 0 Å². The smallest absolute Gasteiger partial charge is 0.160 e. The molecule has 0 atom stereocenters. The standard InChI is InChI=1S/C70H45N5/c1-5-21-46(22-6-1)57-43-52(44-58(47-23-7-2-8-24-47)69(57)62-45-61(48-25-9-3-10-26-48)71-70(72-62)49-27-11-4-12-28-49)75-67-39-37-50(73-63-33-17-13-29-53(63)54-30-14-18-34-64(54)73)41-59(67)60-42-51(38-40-68(60)75)74-65-35-19-15-31-55(65)56-32-16-20-36-66(56)74/h1-45H. The molecule has 0 N–H and O–H groups in total. The average molecular weight is 956 g/mol. The summed E-state index contributed by atoms with van der Waals surface area (Å²) >= 11 is 0. The SMILES string of the molecule is c1ccc(-c2cc(-c3c(-c4ccccc4)cc(-n4c5ccc(-n6c7ccccc7c7ccccc76)cc5c5cc(-n6c7ccccc7c7ccccc76)ccc54)cc3-c3ccccc3)nc(-c3ccccc3)n2)cc1. The van der Waals surface area contributed by atoms with E-state index in [2.05, 4.69) is 281 Å². The fourth-order valence-corrected chi connectivity index (χ4v) is 11.7. The van der Waals surface area contributed by atoms with Gasteiger partial charge in [-0.05, 0) is 101 Å². The normalized spacial score (nSPS) is 11.7. The Morgan fingerprint density at radius 2 is 0.560 bits per heavy atom. The van der Waals surface area contributed by atoms with Crippen molar-refractivity contribution in [2.24, 2.45) is 0 Å². The second kappa shape index (κ2) is 17.3. The van der Waals surface area contributed by atoms with E-state index in [-0.39, 0.29) is 0 Å². The number of hydrogen-bond acceptors (Lipinski definition) is 2. The molecule has 0 radical (unpaired) electrons. The Bertz CT molecular complexity index is 4290. The van der Waals surface area contributed by atoms with Crippen molar-refractivity contribution < 1.29 is 0 Å². The van der Waals surface area contributed by atoms with Crippen molar-refractivity contribution >= 4 is 65.4 Å². The van der Waals surface area contributed by atoms with Gasteiger partial charge < -0.3 is 13.7 Å². The van der Waals surface area contributed by atoms with E-state index in [0.29, 0.717) is 5.82 Å². The van der Waals surface area contributed by atoms with Gasteiger partial charge in [0.05, 0.1) is 44.5 Å². The van der Waals surface area contributed by atoms with E-state index in [4.69, 9.17) is 9.97 Å². The van der Waals surface area contributed by atoms with Gasteiger partial charge in [-0.3, -0.25) is 0 Å². The zero-order chi connectivity index (χ0) is 49.4. The molecule has 15 aromatic rings. The summed E-state index contributed by atoms with van der Waals surface area (Å²) in [4.78, 5) is 10.7. The van der Waals surface area contributed by atoms with Crippen molar-refractivity contribution in [1.29, 1.82) is 0 Å². The number of nitrogens with zero attached hydrogens (tertiary/aromatic N) is 5. The summed E-state index contributed by atoms with van der Waals surface area (Å²) < 4.78 is 7.33. The van der Waals surface area contributed by atoms with Crippen molar-refractivity contribution in [3.05, 3.63) is 273 Å². The molecule has 75 heavy (non-hydrogen) atoms. The highest BCUT2D eigenvalue weighted by Crippen LogP contribution is 2.46. The van der Waals surface area contributed by atoms with Gasteiger partial charge in [0.15, 0.2) is 5.82 Å². The van der Waals surface area contributed by atoms with E-state index in [1.165, 1.54) is 43.6 Å². The molecule has 4 heterocycles. The first-order chi connectivity index (χ1) is 37.2. The molecule has 15 rings (SSSR count). The molecule has 5 heteroatoms. The maximum Gasteiger partial charge on any atom is 0.160 e. The van der Waals surface area contributed by atoms with Crippen LogP contribution in [0.15, 0.2) is 273 Å². The van der Waals surface area contributed by atoms with Crippen LogP contribution < -0.4 is 0 Å². The lowest BCUT2D eigenvalue weighted by Gasteiger charge is -2.20. The number of aromatic nitrogens is 5. The highest BCUT2D eigenvalue weighted by atomic mass is 15.0. The molecular weight excluding hydrogens is 911 g/mol. The summed E-state index contributed by atoms with van der Waals surface area (Å²) in [6.45, 7) is 0. The molecule has 350 valence electrons. The second-order valence-electron chi connectivity index (χ2n) is 19.3. The first-order valence-corrected chi connectivity index (χ1v) is 25.6. The lowest BCUT2D eigenvalue weighted by atomic mass is 9.88. The number of benzene rings is 11. The molecule has 4 aromatic heterocycles. The molecule has 11 aromatic carbocycles. The number of rotatable bonds is 8. The Balaban J connectivity index is 1.04. The number of para-hydroxylation sites is 4. The zero-order valence-electron chi connectivity index (χ0n) is 40.7. The van der Waals surface area contributed by atoms with Crippen molar-refractivity contribution in [3.63, 3.8) is 0 Å². The van der Waals surface area contributed by atoms with E-state index in [0.717, 1.165) is 89.2 Å². The predicted molar refractivity (Wildman–Crippen MR) is 312 cm³/mol. The van der Waals surface area contributed by atoms with E-state index in [1.807, 2.05) is 6.07 Å². The topological polar surface area (TPSA) is 40.6 Å². The summed E-state index contributed by atoms with van der Waals surface area (Å²) in [6.07, 6.45) is 0. The maximum absolute atomic E-state index is 5.50. The van der Waals surface area contributed by atoms with Gasteiger partial charge in [0.1, 0.15) is 0 Å². The number of fused-ring (bicyclic) bond motifs is 9. The Hall–Kier alpha value is -10.1. The minimum Gasteiger partial charge on any atom is -0.309 e. The fraction of sp³-hybridized carbons (Fsp3) is 0. The Labute approximate surface area is 433 Å². The average Bonchev–Trinajstić information content (AvgIpc) is 4.13. The molecular formula is C70H45N5. The molecule has 0 unspecified atom stereocenters. The molecule has 0 aliphatic rings. The summed E-state index contributed by atoms with van der Waals surface area (Å²) in [7, 11) is 0. The Kier molecular flexibility index (Phi) is 9.82. The lowest BCUT2D eigenvalue weighted by Crippen LogP contribution is -2.02. The highest BCUT2D eigenvalue weighted by Gasteiger charge is 2.24. The summed E-state index contributed by atoms with van der Waals surface area (Å²) in [5.74, 6) is 0.676. The summed E-state index contributed by atoms with van der Waals surface area (Å²) in [6, 6.07) is 98.4. The fourth-order valence-electron chi connectivity index (χ4n) is 11.7. The molecule has 0 aliphatic heterocycles. The van der Waals surface area contributed by atoms with Gasteiger partial charge in [0, 0.05) is 66.1 Å². The molecule has 0 amide bonds. The summed E-state index contributed by atoms with van der Waals surface area (Å²) in [5.41, 5.74) is 19.3. The third-order valence-electron chi connectivity index (χ3n) is 15.0. The Morgan fingerprint density at radius 3 is 0.987 bits per heavy atom. The second-order valence-corrected chi connectivity index (χ2v) is 19.3. The highest BCUT2D eigenvalue weighted by molar-refractivity contribution is 6.14. The molecule has 0 saturated carbocycles. The van der Waals surface area contributed by atoms with Crippen LogP contribution in [0.2, 0.25) is 0 Å². The van der Waals surface area contributed by atoms with Crippen LogP contribution in [-0.2, 0) is 0 Å². The van der Waals surface area contributed by atoms with Gasteiger partial charge in [-0.25, -0.2) is 9.97 Å². The minimum atomic E-state index is 0.676. The molecule has 5 nitrogen and oxygen atoms in total. The Morgan fingerprint density at radius 1 is 0.227 bits per heavy atom. The molecule has 0 spiro atoms. The van der Waals surface area contributed by atoms with Crippen molar-refractivity contribution in [1.82, 2.24) is 23.7 Å². The van der Waals surface area contributed by atoms with Crippen LogP contribution >= 0.6 is 0 Å². The van der Waals surface area contributed by atoms with Crippen LogP contribution in [-0.4, -0.2) is 23.7 Å². The van der Waals surface area contributed by atoms with Crippen LogP contribution in [0.25, 0.3) is 139 Å². The van der Waals surface area contributed by atoms with Crippen LogP contribution in [0.3, 0.4) is 0 Å². The third-order valence-corrected chi connectivity index (χ3v) is 15.0. The monoisotopic (exact) mass is 955 g/mol. The van der Waals surface area contributed by atoms with Crippen LogP contribution in [0.4, 0.5) is 0 Å². The lowest BCUT2D eigenvalue weighted by molar-refractivity contribution is 1.16. The van der Waals surface area contributed by atoms with Gasteiger partial charge in [0.25, 0.3) is 0 Å². The van der Waals surface area contributed by atoms with Gasteiger partial charge in [-0.15, -0.1) is 0 Å². The predicted octanol–water partition coefficient (Wildman–Crippen LogP) is 18.1. The van der Waals surface area contributed by atoms with Crippen LogP contribution in [0.1, 0.15) is 0 Å². The molecule has 0 aliphatic carbocycles. The van der Waals surface area contributed by atoms with E-state index in [1.54, 1.807) is 0 Å². The molecule has 0 fully saturated rings. The van der Waals surface area contributed by atoms with E-state index < -0.39 is 0 Å². The van der Waals surface area contributed by atoms with Gasteiger partial charge in [-0.2, -0.15) is 0 Å².